The predicted molar refractivity (Wildman–Crippen MR) is 125 cm³/mol. The van der Waals surface area contributed by atoms with Crippen LogP contribution < -0.4 is 20.1 Å². The van der Waals surface area contributed by atoms with Gasteiger partial charge in [0, 0.05) is 17.1 Å². The molecule has 4 aromatic rings. The molecular formula is C22H19N5O6S. The van der Waals surface area contributed by atoms with Gasteiger partial charge in [-0.1, -0.05) is 43.0 Å². The number of carbonyl (C=O) groups is 2. The van der Waals surface area contributed by atoms with E-state index in [0.29, 0.717) is 28.0 Å². The van der Waals surface area contributed by atoms with Crippen LogP contribution in [0.2, 0.25) is 0 Å². The summed E-state index contributed by atoms with van der Waals surface area (Å²) in [4.78, 5) is 28.7. The first kappa shape index (κ1) is 22.7. The number of nitrogens with zero attached hydrogens (tertiary/aromatic N) is 3. The van der Waals surface area contributed by atoms with Crippen molar-refractivity contribution in [1.29, 1.82) is 0 Å². The number of pyridine rings is 1. The van der Waals surface area contributed by atoms with Gasteiger partial charge in [0.1, 0.15) is 5.52 Å². The van der Waals surface area contributed by atoms with Crippen LogP contribution in [0.5, 0.6) is 17.2 Å². The van der Waals surface area contributed by atoms with Crippen molar-refractivity contribution in [2.45, 2.75) is 13.5 Å². The molecule has 0 bridgehead atoms. The van der Waals surface area contributed by atoms with Crippen LogP contribution in [0.25, 0.3) is 10.9 Å². The largest absolute Gasteiger partial charge is 0.505 e. The highest BCUT2D eigenvalue weighted by Gasteiger charge is 2.29. The second-order valence-corrected chi connectivity index (χ2v) is 7.88. The molecule has 174 valence electrons. The van der Waals surface area contributed by atoms with Crippen molar-refractivity contribution in [3.05, 3.63) is 59.8 Å². The minimum atomic E-state index is -1.19. The summed E-state index contributed by atoms with van der Waals surface area (Å²) in [5.41, 5.74) is 0.689. The molecule has 1 aliphatic heterocycles. The minimum absolute atomic E-state index is 0. The second-order valence-electron chi connectivity index (χ2n) is 6.90. The minimum Gasteiger partial charge on any atom is -0.505 e. The Morgan fingerprint density at radius 3 is 2.71 bits per heavy atom. The van der Waals surface area contributed by atoms with E-state index in [-0.39, 0.29) is 35.8 Å². The molecule has 12 heteroatoms. The standard InChI is InChI=1S/C21H15N5O6S.CH4/c27-16-12(7-6-10-3-2-8-22-14(10)16)18(28)24-21-26-25-20(33-21)23-15(19(29)30)11-4-1-5-13-17(11)32-9-31-13;/h1-8,15,27H,9H2,(H,23,25)(H,29,30)(H,24,26,28);1H4. The second kappa shape index (κ2) is 9.19. The zero-order valence-electron chi connectivity index (χ0n) is 16.7. The molecule has 1 amide bonds. The van der Waals surface area contributed by atoms with Gasteiger partial charge in [-0.05, 0) is 18.2 Å². The Morgan fingerprint density at radius 1 is 1.06 bits per heavy atom. The Bertz CT molecular complexity index is 1390. The number of aromatic nitrogens is 3. The first-order valence-corrected chi connectivity index (χ1v) is 10.4. The maximum atomic E-state index is 12.7. The summed E-state index contributed by atoms with van der Waals surface area (Å²) in [6, 6.07) is 10.4. The molecular weight excluding hydrogens is 462 g/mol. The number of hydrogen-bond acceptors (Lipinski definition) is 10. The van der Waals surface area contributed by atoms with E-state index >= 15 is 0 Å². The van der Waals surface area contributed by atoms with Crippen LogP contribution in [-0.2, 0) is 4.79 Å². The Labute approximate surface area is 197 Å². The quantitative estimate of drug-likeness (QED) is 0.321. The predicted octanol–water partition coefficient (Wildman–Crippen LogP) is 3.65. The van der Waals surface area contributed by atoms with Crippen molar-refractivity contribution in [2.24, 2.45) is 0 Å². The third-order valence-corrected chi connectivity index (χ3v) is 5.66. The van der Waals surface area contributed by atoms with Crippen molar-refractivity contribution in [3.63, 3.8) is 0 Å². The summed E-state index contributed by atoms with van der Waals surface area (Å²) in [7, 11) is 0. The number of carboxylic acid groups (broad SMARTS) is 1. The van der Waals surface area contributed by atoms with E-state index in [1.807, 2.05) is 0 Å². The third-order valence-electron chi connectivity index (χ3n) is 4.89. The number of carbonyl (C=O) groups excluding carboxylic acids is 1. The van der Waals surface area contributed by atoms with Crippen molar-refractivity contribution in [1.82, 2.24) is 15.2 Å². The first-order chi connectivity index (χ1) is 16.0. The van der Waals surface area contributed by atoms with E-state index in [0.717, 1.165) is 11.3 Å². The number of benzene rings is 2. The van der Waals surface area contributed by atoms with Gasteiger partial charge in [-0.25, -0.2) is 4.79 Å². The number of phenols is 1. The summed E-state index contributed by atoms with van der Waals surface area (Å²) in [5.74, 6) is -1.22. The van der Waals surface area contributed by atoms with Gasteiger partial charge in [0.15, 0.2) is 23.3 Å². The number of nitrogens with one attached hydrogen (secondary N) is 2. The highest BCUT2D eigenvalue weighted by atomic mass is 32.1. The Morgan fingerprint density at radius 2 is 1.88 bits per heavy atom. The van der Waals surface area contributed by atoms with Crippen molar-refractivity contribution in [3.8, 4) is 17.2 Å². The third kappa shape index (κ3) is 4.13. The first-order valence-electron chi connectivity index (χ1n) is 9.60. The van der Waals surface area contributed by atoms with E-state index in [9.17, 15) is 19.8 Å². The van der Waals surface area contributed by atoms with Crippen molar-refractivity contribution >= 4 is 44.4 Å². The summed E-state index contributed by atoms with van der Waals surface area (Å²) in [5, 5.41) is 34.3. The average Bonchev–Trinajstić information content (AvgIpc) is 3.47. The molecule has 1 atom stereocenters. The molecule has 11 nitrogen and oxygen atoms in total. The lowest BCUT2D eigenvalue weighted by molar-refractivity contribution is -0.138. The lowest BCUT2D eigenvalue weighted by atomic mass is 10.1. The molecule has 0 saturated heterocycles. The highest BCUT2D eigenvalue weighted by Crippen LogP contribution is 2.40. The summed E-state index contributed by atoms with van der Waals surface area (Å²) < 4.78 is 10.7. The maximum absolute atomic E-state index is 12.7. The maximum Gasteiger partial charge on any atom is 0.331 e. The zero-order chi connectivity index (χ0) is 22.9. The number of aromatic hydroxyl groups is 1. The molecule has 4 N–H and O–H groups in total. The normalized spacial score (nSPS) is 12.6. The molecule has 0 radical (unpaired) electrons. The van der Waals surface area contributed by atoms with Crippen LogP contribution in [-0.4, -0.2) is 44.1 Å². The number of hydrogen-bond donors (Lipinski definition) is 4. The average molecular weight is 481 g/mol. The SMILES string of the molecule is C.O=C(Nc1nnc(NC(C(=O)O)c2cccc3c2OCO3)s1)c1ccc2cccnc2c1O. The van der Waals surface area contributed by atoms with Gasteiger partial charge in [0.2, 0.25) is 17.1 Å². The molecule has 0 spiro atoms. The fourth-order valence-corrected chi connectivity index (χ4v) is 4.05. The van der Waals surface area contributed by atoms with E-state index in [1.54, 1.807) is 36.4 Å². The molecule has 3 heterocycles. The highest BCUT2D eigenvalue weighted by molar-refractivity contribution is 7.19. The summed E-state index contributed by atoms with van der Waals surface area (Å²) in [6.07, 6.45) is 1.52. The number of fused-ring (bicyclic) bond motifs is 2. The van der Waals surface area contributed by atoms with E-state index in [4.69, 9.17) is 9.47 Å². The van der Waals surface area contributed by atoms with Crippen molar-refractivity contribution in [2.75, 3.05) is 17.4 Å². The number of anilines is 2. The number of rotatable bonds is 6. The molecule has 0 fully saturated rings. The Kier molecular flexibility index (Phi) is 6.15. The van der Waals surface area contributed by atoms with Crippen LogP contribution in [0.4, 0.5) is 10.3 Å². The van der Waals surface area contributed by atoms with Gasteiger partial charge in [0.05, 0.1) is 5.56 Å². The summed E-state index contributed by atoms with van der Waals surface area (Å²) in [6.45, 7) is 0.00477. The van der Waals surface area contributed by atoms with Gasteiger partial charge >= 0.3 is 5.97 Å². The molecule has 1 unspecified atom stereocenters. The Hall–Kier alpha value is -4.45. The lowest BCUT2D eigenvalue weighted by Gasteiger charge is -2.15. The van der Waals surface area contributed by atoms with Gasteiger partial charge in [0.25, 0.3) is 5.91 Å². The number of carboxylic acids is 1. The van der Waals surface area contributed by atoms with Gasteiger partial charge in [-0.3, -0.25) is 15.1 Å². The fraction of sp³-hybridized carbons (Fsp3) is 0.136. The molecule has 2 aromatic heterocycles. The van der Waals surface area contributed by atoms with Gasteiger partial charge in [-0.15, -0.1) is 10.2 Å². The molecule has 2 aromatic carbocycles. The van der Waals surface area contributed by atoms with Crippen molar-refractivity contribution < 1.29 is 29.3 Å². The molecule has 0 aliphatic carbocycles. The van der Waals surface area contributed by atoms with E-state index < -0.39 is 17.9 Å². The van der Waals surface area contributed by atoms with Crippen LogP contribution in [0.15, 0.2) is 48.7 Å². The fourth-order valence-electron chi connectivity index (χ4n) is 3.39. The smallest absolute Gasteiger partial charge is 0.331 e. The van der Waals surface area contributed by atoms with E-state index in [1.165, 1.54) is 12.3 Å². The lowest BCUT2D eigenvalue weighted by Crippen LogP contribution is -2.20. The molecule has 34 heavy (non-hydrogen) atoms. The van der Waals surface area contributed by atoms with Gasteiger partial charge < -0.3 is 25.0 Å². The van der Waals surface area contributed by atoms with Crippen LogP contribution in [0, 0.1) is 0 Å². The number of ether oxygens (including phenoxy) is 2. The van der Waals surface area contributed by atoms with Crippen LogP contribution in [0.3, 0.4) is 0 Å². The summed E-state index contributed by atoms with van der Waals surface area (Å²) >= 11 is 0.941. The zero-order valence-corrected chi connectivity index (χ0v) is 17.5. The topological polar surface area (TPSA) is 156 Å². The monoisotopic (exact) mass is 481 g/mol. The van der Waals surface area contributed by atoms with E-state index in [2.05, 4.69) is 25.8 Å². The number of amides is 1. The molecule has 1 aliphatic rings. The van der Waals surface area contributed by atoms with Gasteiger partial charge in [-0.2, -0.15) is 0 Å². The molecule has 0 saturated carbocycles. The number of aliphatic carboxylic acids is 1. The van der Waals surface area contributed by atoms with Crippen LogP contribution >= 0.6 is 11.3 Å². The number of phenolic OH excluding ortho intramolecular Hbond substituents is 1. The number of para-hydroxylation sites is 1. The Balaban J connectivity index is 0.00000274. The molecule has 5 rings (SSSR count). The van der Waals surface area contributed by atoms with Crippen LogP contribution in [0.1, 0.15) is 29.4 Å².